The normalized spacial score (nSPS) is 42.0. The summed E-state index contributed by atoms with van der Waals surface area (Å²) in [6.45, 7) is -0.0472. The van der Waals surface area contributed by atoms with Crippen molar-refractivity contribution in [3.8, 4) is 0 Å². The summed E-state index contributed by atoms with van der Waals surface area (Å²) in [5, 5.41) is 38.6. The second-order valence-electron chi connectivity index (χ2n) is 2.75. The molecule has 0 aliphatic carbocycles. The Labute approximate surface area is 76.4 Å². The Morgan fingerprint density at radius 2 is 1.75 bits per heavy atom. The van der Waals surface area contributed by atoms with E-state index in [2.05, 4.69) is 5.32 Å². The van der Waals surface area contributed by atoms with Crippen LogP contribution in [0.2, 0.25) is 0 Å². The second kappa shape index (κ2) is 4.96. The van der Waals surface area contributed by atoms with Crippen LogP contribution >= 0.6 is 12.4 Å². The van der Waals surface area contributed by atoms with E-state index in [-0.39, 0.29) is 25.6 Å². The molecule has 74 valence electrons. The van der Waals surface area contributed by atoms with Crippen LogP contribution in [0, 0.1) is 0 Å². The molecule has 0 aromatic heterocycles. The van der Waals surface area contributed by atoms with Crippen LogP contribution < -0.4 is 5.32 Å². The number of hydrogen-bond donors (Lipinski definition) is 5. The lowest BCUT2D eigenvalue weighted by atomic mass is 9.97. The molecule has 0 spiro atoms. The molecule has 1 aliphatic rings. The number of β-amino-alcohol motifs (C(OH)–C–C–N with tert-alkyl or cyclic N) is 1. The quantitative estimate of drug-likeness (QED) is 0.321. The van der Waals surface area contributed by atoms with Crippen molar-refractivity contribution in [2.45, 2.75) is 24.4 Å². The van der Waals surface area contributed by atoms with Crippen LogP contribution in [0.25, 0.3) is 0 Å². The van der Waals surface area contributed by atoms with Gasteiger partial charge in [-0.25, -0.2) is 0 Å². The van der Waals surface area contributed by atoms with E-state index < -0.39 is 24.4 Å². The van der Waals surface area contributed by atoms with Gasteiger partial charge in [-0.15, -0.1) is 12.4 Å². The monoisotopic (exact) mass is 199 g/mol. The first-order chi connectivity index (χ1) is 5.16. The van der Waals surface area contributed by atoms with Crippen LogP contribution in [0.4, 0.5) is 0 Å². The maximum Gasteiger partial charge on any atom is 0.109 e. The molecule has 2 unspecified atom stereocenters. The zero-order chi connectivity index (χ0) is 8.43. The summed E-state index contributed by atoms with van der Waals surface area (Å²) in [5.74, 6) is 0. The highest BCUT2D eigenvalue weighted by molar-refractivity contribution is 5.85. The van der Waals surface area contributed by atoms with Gasteiger partial charge in [0.1, 0.15) is 6.10 Å². The fourth-order valence-corrected chi connectivity index (χ4v) is 1.15. The number of aliphatic hydroxyl groups is 4. The fraction of sp³-hybridized carbons (Fsp3) is 1.00. The molecule has 0 amide bonds. The van der Waals surface area contributed by atoms with Gasteiger partial charge in [-0.3, -0.25) is 0 Å². The molecule has 1 saturated heterocycles. The lowest BCUT2D eigenvalue weighted by molar-refractivity contribution is -0.101. The summed E-state index contributed by atoms with van der Waals surface area (Å²) < 4.78 is 0. The van der Waals surface area contributed by atoms with Gasteiger partial charge in [0.05, 0.1) is 24.9 Å². The molecule has 1 aliphatic heterocycles. The van der Waals surface area contributed by atoms with Gasteiger partial charge in [0, 0.05) is 6.54 Å². The Kier molecular flexibility index (Phi) is 5.00. The standard InChI is InChI=1S/C6H13NO4.ClH/c8-2-3-5(10)6(11)4(9)1-7-3;/h3-11H,1-2H2;1H/t3?,4?,5-,6+;/m0./s1. The Bertz CT molecular complexity index is 135. The van der Waals surface area contributed by atoms with Crippen LogP contribution in [0.1, 0.15) is 0 Å². The highest BCUT2D eigenvalue weighted by Crippen LogP contribution is 2.09. The Morgan fingerprint density at radius 1 is 1.17 bits per heavy atom. The minimum Gasteiger partial charge on any atom is -0.395 e. The van der Waals surface area contributed by atoms with Crippen LogP contribution in [-0.2, 0) is 0 Å². The maximum absolute atomic E-state index is 9.18. The largest absolute Gasteiger partial charge is 0.395 e. The molecule has 1 heterocycles. The number of aliphatic hydroxyl groups excluding tert-OH is 4. The fourth-order valence-electron chi connectivity index (χ4n) is 1.15. The van der Waals surface area contributed by atoms with Crippen molar-refractivity contribution >= 4 is 12.4 Å². The minimum absolute atomic E-state index is 0. The number of hydrogen-bond acceptors (Lipinski definition) is 5. The van der Waals surface area contributed by atoms with E-state index in [9.17, 15) is 5.11 Å². The molecule has 0 saturated carbocycles. The van der Waals surface area contributed by atoms with Crippen molar-refractivity contribution in [3.63, 3.8) is 0 Å². The van der Waals surface area contributed by atoms with Gasteiger partial charge in [-0.05, 0) is 0 Å². The molecule has 1 rings (SSSR count). The van der Waals surface area contributed by atoms with E-state index in [0.29, 0.717) is 0 Å². The van der Waals surface area contributed by atoms with E-state index in [1.54, 1.807) is 0 Å². The molecule has 1 fully saturated rings. The van der Waals surface area contributed by atoms with E-state index in [4.69, 9.17) is 15.3 Å². The van der Waals surface area contributed by atoms with Gasteiger partial charge in [0.15, 0.2) is 0 Å². The molecular weight excluding hydrogens is 186 g/mol. The predicted molar refractivity (Wildman–Crippen MR) is 44.1 cm³/mol. The van der Waals surface area contributed by atoms with E-state index >= 15 is 0 Å². The maximum atomic E-state index is 9.18. The summed E-state index contributed by atoms with van der Waals surface area (Å²) >= 11 is 0. The molecule has 0 bridgehead atoms. The molecule has 0 radical (unpaired) electrons. The molecule has 5 nitrogen and oxygen atoms in total. The third-order valence-electron chi connectivity index (χ3n) is 1.94. The average Bonchev–Trinajstić information content (AvgIpc) is 2.01. The summed E-state index contributed by atoms with van der Waals surface area (Å²) in [7, 11) is 0. The lowest BCUT2D eigenvalue weighted by Crippen LogP contribution is -2.60. The number of rotatable bonds is 1. The first-order valence-electron chi connectivity index (χ1n) is 3.55. The average molecular weight is 200 g/mol. The highest BCUT2D eigenvalue weighted by atomic mass is 35.5. The van der Waals surface area contributed by atoms with E-state index in [0.717, 1.165) is 0 Å². The molecule has 6 heteroatoms. The van der Waals surface area contributed by atoms with Crippen molar-refractivity contribution in [3.05, 3.63) is 0 Å². The molecule has 5 N–H and O–H groups in total. The Morgan fingerprint density at radius 3 is 2.25 bits per heavy atom. The zero-order valence-corrected chi connectivity index (χ0v) is 7.24. The van der Waals surface area contributed by atoms with E-state index in [1.165, 1.54) is 0 Å². The van der Waals surface area contributed by atoms with Gasteiger partial charge in [-0.1, -0.05) is 0 Å². The molecule has 4 atom stereocenters. The summed E-state index contributed by atoms with van der Waals surface area (Å²) in [6.07, 6.45) is -3.20. The summed E-state index contributed by atoms with van der Waals surface area (Å²) in [5.41, 5.74) is 0. The third-order valence-corrected chi connectivity index (χ3v) is 1.94. The first-order valence-corrected chi connectivity index (χ1v) is 3.55. The van der Waals surface area contributed by atoms with Crippen LogP contribution in [0.5, 0.6) is 0 Å². The third kappa shape index (κ3) is 2.29. The van der Waals surface area contributed by atoms with Crippen molar-refractivity contribution in [2.24, 2.45) is 0 Å². The van der Waals surface area contributed by atoms with Gasteiger partial charge in [-0.2, -0.15) is 0 Å². The molecular formula is C6H14ClNO4. The van der Waals surface area contributed by atoms with Crippen molar-refractivity contribution < 1.29 is 20.4 Å². The second-order valence-corrected chi connectivity index (χ2v) is 2.75. The smallest absolute Gasteiger partial charge is 0.109 e. The molecule has 0 aromatic rings. The van der Waals surface area contributed by atoms with Gasteiger partial charge < -0.3 is 25.7 Å². The molecule has 0 aromatic carbocycles. The number of nitrogens with one attached hydrogen (secondary N) is 1. The number of halogens is 1. The van der Waals surface area contributed by atoms with Crippen LogP contribution in [-0.4, -0.2) is 57.9 Å². The number of piperidine rings is 1. The van der Waals surface area contributed by atoms with Crippen molar-refractivity contribution in [1.29, 1.82) is 0 Å². The Hall–Kier alpha value is 0.0900. The molecule has 12 heavy (non-hydrogen) atoms. The van der Waals surface area contributed by atoms with Crippen LogP contribution in [0.15, 0.2) is 0 Å². The highest BCUT2D eigenvalue weighted by Gasteiger charge is 2.35. The van der Waals surface area contributed by atoms with Gasteiger partial charge >= 0.3 is 0 Å². The zero-order valence-electron chi connectivity index (χ0n) is 6.42. The SMILES string of the molecule is Cl.OCC1NCC(O)[C@@H](O)[C@H]1O. The lowest BCUT2D eigenvalue weighted by Gasteiger charge is -2.34. The van der Waals surface area contributed by atoms with Crippen LogP contribution in [0.3, 0.4) is 0 Å². The van der Waals surface area contributed by atoms with Crippen molar-refractivity contribution in [1.82, 2.24) is 5.32 Å². The van der Waals surface area contributed by atoms with Gasteiger partial charge in [0.2, 0.25) is 0 Å². The summed E-state index contributed by atoms with van der Waals surface area (Å²) in [6, 6.07) is -0.534. The Balaban J connectivity index is 0.00000121. The van der Waals surface area contributed by atoms with Crippen molar-refractivity contribution in [2.75, 3.05) is 13.2 Å². The first kappa shape index (κ1) is 12.1. The van der Waals surface area contributed by atoms with E-state index in [1.807, 2.05) is 0 Å². The predicted octanol–water partition coefficient (Wildman–Crippen LogP) is -2.54. The topological polar surface area (TPSA) is 93.0 Å². The summed E-state index contributed by atoms with van der Waals surface area (Å²) in [4.78, 5) is 0. The minimum atomic E-state index is -1.16. The van der Waals surface area contributed by atoms with Gasteiger partial charge in [0.25, 0.3) is 0 Å².